The Morgan fingerprint density at radius 3 is 2.52 bits per heavy atom. The quantitative estimate of drug-likeness (QED) is 0.842. The van der Waals surface area contributed by atoms with Crippen LogP contribution in [0.1, 0.15) is 30.5 Å². The van der Waals surface area contributed by atoms with Gasteiger partial charge in [-0.3, -0.25) is 9.59 Å². The molecule has 0 aliphatic rings. The van der Waals surface area contributed by atoms with Gasteiger partial charge in [0.2, 0.25) is 11.8 Å². The molecule has 2 rings (SSSR count). The molecule has 1 N–H and O–H groups in total. The summed E-state index contributed by atoms with van der Waals surface area (Å²) in [7, 11) is 0. The third-order valence-electron chi connectivity index (χ3n) is 4.15. The second-order valence-corrected chi connectivity index (χ2v) is 6.17. The van der Waals surface area contributed by atoms with E-state index in [0.29, 0.717) is 19.5 Å². The zero-order chi connectivity index (χ0) is 18.2. The number of carbonyl (C=O) groups is 2. The fourth-order valence-corrected chi connectivity index (χ4v) is 2.90. The van der Waals surface area contributed by atoms with E-state index >= 15 is 0 Å². The van der Waals surface area contributed by atoms with Crippen LogP contribution in [-0.2, 0) is 22.4 Å². The van der Waals surface area contributed by atoms with Crippen molar-refractivity contribution < 1.29 is 9.59 Å². The van der Waals surface area contributed by atoms with Crippen molar-refractivity contribution in [1.29, 1.82) is 0 Å². The second-order valence-electron chi connectivity index (χ2n) is 6.17. The average molecular weight is 338 g/mol. The molecule has 0 spiro atoms. The molecule has 2 amide bonds. The smallest absolute Gasteiger partial charge is 0.224 e. The fourth-order valence-electron chi connectivity index (χ4n) is 2.90. The first kappa shape index (κ1) is 18.7. The molecule has 4 nitrogen and oxygen atoms in total. The summed E-state index contributed by atoms with van der Waals surface area (Å²) in [6.45, 7) is 6.53. The van der Waals surface area contributed by atoms with Gasteiger partial charge in [-0.05, 0) is 30.5 Å². The van der Waals surface area contributed by atoms with Crippen LogP contribution in [0.4, 0.5) is 5.69 Å². The van der Waals surface area contributed by atoms with Crippen LogP contribution < -0.4 is 10.2 Å². The molecule has 4 heteroatoms. The highest BCUT2D eigenvalue weighted by atomic mass is 16.2. The van der Waals surface area contributed by atoms with Gasteiger partial charge in [0.1, 0.15) is 0 Å². The van der Waals surface area contributed by atoms with E-state index in [1.165, 1.54) is 0 Å². The lowest BCUT2D eigenvalue weighted by Gasteiger charge is -2.24. The van der Waals surface area contributed by atoms with Crippen molar-refractivity contribution in [2.75, 3.05) is 18.0 Å². The summed E-state index contributed by atoms with van der Waals surface area (Å²) in [6.07, 6.45) is 1.22. The molecule has 0 radical (unpaired) electrons. The maximum atomic E-state index is 12.1. The van der Waals surface area contributed by atoms with Gasteiger partial charge in [0, 0.05) is 25.7 Å². The van der Waals surface area contributed by atoms with Crippen LogP contribution in [0, 0.1) is 6.92 Å². The third kappa shape index (κ3) is 5.45. The molecule has 2 aromatic carbocycles. The Kier molecular flexibility index (Phi) is 6.75. The van der Waals surface area contributed by atoms with Crippen LogP contribution in [-0.4, -0.2) is 24.9 Å². The Balaban J connectivity index is 1.93. The average Bonchev–Trinajstić information content (AvgIpc) is 2.58. The van der Waals surface area contributed by atoms with Crippen LogP contribution in [0.2, 0.25) is 0 Å². The molecule has 0 aromatic heterocycles. The predicted molar refractivity (Wildman–Crippen MR) is 102 cm³/mol. The van der Waals surface area contributed by atoms with Gasteiger partial charge < -0.3 is 10.2 Å². The molecular weight excluding hydrogens is 312 g/mol. The first-order valence-electron chi connectivity index (χ1n) is 8.69. The molecule has 25 heavy (non-hydrogen) atoms. The highest BCUT2D eigenvalue weighted by Gasteiger charge is 2.14. The first-order chi connectivity index (χ1) is 12.0. The maximum Gasteiger partial charge on any atom is 0.224 e. The van der Waals surface area contributed by atoms with E-state index in [1.54, 1.807) is 11.8 Å². The Bertz CT molecular complexity index is 740. The van der Waals surface area contributed by atoms with E-state index in [0.717, 1.165) is 28.8 Å². The molecule has 0 fully saturated rings. The van der Waals surface area contributed by atoms with Gasteiger partial charge in [0.25, 0.3) is 0 Å². The Hall–Kier alpha value is -2.62. The number of hydrogen-bond acceptors (Lipinski definition) is 2. The van der Waals surface area contributed by atoms with Gasteiger partial charge in [0.05, 0.1) is 6.42 Å². The summed E-state index contributed by atoms with van der Waals surface area (Å²) in [5.74, 6) is -0.0493. The summed E-state index contributed by atoms with van der Waals surface area (Å²) in [4.78, 5) is 25.9. The van der Waals surface area contributed by atoms with Crippen molar-refractivity contribution in [1.82, 2.24) is 5.32 Å². The van der Waals surface area contributed by atoms with Gasteiger partial charge in [-0.2, -0.15) is 0 Å². The minimum Gasteiger partial charge on any atom is -0.354 e. The number of carbonyl (C=O) groups excluding carboxylic acids is 2. The number of nitrogens with zero attached hydrogens (tertiary/aromatic N) is 1. The minimum atomic E-state index is -0.0297. The van der Waals surface area contributed by atoms with Crippen LogP contribution in [0.3, 0.4) is 0 Å². The molecule has 0 saturated carbocycles. The highest BCUT2D eigenvalue weighted by Crippen LogP contribution is 2.20. The molecule has 0 unspecified atom stereocenters. The number of hydrogen-bond donors (Lipinski definition) is 1. The summed E-state index contributed by atoms with van der Waals surface area (Å²) in [5.41, 5.74) is 4.19. The molecule has 132 valence electrons. The topological polar surface area (TPSA) is 49.4 Å². The Morgan fingerprint density at radius 1 is 1.08 bits per heavy atom. The SMILES string of the molecule is CCc1ccccc1N(CCNC(=O)Cc1cccc(C)c1)C(C)=O. The number of anilines is 1. The third-order valence-corrected chi connectivity index (χ3v) is 4.15. The van der Waals surface area contributed by atoms with Gasteiger partial charge in [-0.15, -0.1) is 0 Å². The van der Waals surface area contributed by atoms with E-state index in [9.17, 15) is 9.59 Å². The van der Waals surface area contributed by atoms with Crippen LogP contribution in [0.15, 0.2) is 48.5 Å². The molecule has 0 bridgehead atoms. The number of benzene rings is 2. The minimum absolute atomic E-state index is 0.0196. The molecule has 0 aliphatic heterocycles. The number of aryl methyl sites for hydroxylation is 2. The fraction of sp³-hybridized carbons (Fsp3) is 0.333. The van der Waals surface area contributed by atoms with Crippen molar-refractivity contribution in [3.8, 4) is 0 Å². The molecule has 0 saturated heterocycles. The highest BCUT2D eigenvalue weighted by molar-refractivity contribution is 5.92. The van der Waals surface area contributed by atoms with E-state index < -0.39 is 0 Å². The van der Waals surface area contributed by atoms with Gasteiger partial charge in [0.15, 0.2) is 0 Å². The summed E-state index contributed by atoms with van der Waals surface area (Å²) < 4.78 is 0. The molecule has 0 heterocycles. The van der Waals surface area contributed by atoms with Crippen molar-refractivity contribution in [3.05, 3.63) is 65.2 Å². The van der Waals surface area contributed by atoms with Crippen molar-refractivity contribution >= 4 is 17.5 Å². The van der Waals surface area contributed by atoms with Crippen LogP contribution in [0.5, 0.6) is 0 Å². The molecule has 0 aliphatic carbocycles. The lowest BCUT2D eigenvalue weighted by molar-refractivity contribution is -0.121. The summed E-state index contributed by atoms with van der Waals surface area (Å²) in [6, 6.07) is 15.8. The van der Waals surface area contributed by atoms with E-state index in [1.807, 2.05) is 55.5 Å². The monoisotopic (exact) mass is 338 g/mol. The van der Waals surface area contributed by atoms with Gasteiger partial charge in [-0.1, -0.05) is 55.0 Å². The van der Waals surface area contributed by atoms with Crippen LogP contribution in [0.25, 0.3) is 0 Å². The predicted octanol–water partition coefficient (Wildman–Crippen LogP) is 3.27. The number of rotatable bonds is 7. The van der Waals surface area contributed by atoms with Crippen molar-refractivity contribution in [3.63, 3.8) is 0 Å². The second kappa shape index (κ2) is 9.02. The molecular formula is C21H26N2O2. The molecule has 2 aromatic rings. The Labute approximate surface area is 149 Å². The zero-order valence-electron chi connectivity index (χ0n) is 15.2. The van der Waals surface area contributed by atoms with Crippen LogP contribution >= 0.6 is 0 Å². The number of amides is 2. The van der Waals surface area contributed by atoms with E-state index in [4.69, 9.17) is 0 Å². The van der Waals surface area contributed by atoms with E-state index in [2.05, 4.69) is 12.2 Å². The molecule has 0 atom stereocenters. The maximum absolute atomic E-state index is 12.1. The lowest BCUT2D eigenvalue weighted by atomic mass is 10.1. The number of para-hydroxylation sites is 1. The van der Waals surface area contributed by atoms with Crippen molar-refractivity contribution in [2.24, 2.45) is 0 Å². The normalized spacial score (nSPS) is 10.4. The first-order valence-corrected chi connectivity index (χ1v) is 8.69. The van der Waals surface area contributed by atoms with Gasteiger partial charge >= 0.3 is 0 Å². The van der Waals surface area contributed by atoms with Gasteiger partial charge in [-0.25, -0.2) is 0 Å². The Morgan fingerprint density at radius 2 is 1.84 bits per heavy atom. The van der Waals surface area contributed by atoms with E-state index in [-0.39, 0.29) is 11.8 Å². The standard InChI is InChI=1S/C21H26N2O2/c1-4-19-10-5-6-11-20(19)23(17(3)24)13-12-22-21(25)15-18-9-7-8-16(2)14-18/h5-11,14H,4,12-13,15H2,1-3H3,(H,22,25). The summed E-state index contributed by atoms with van der Waals surface area (Å²) >= 11 is 0. The van der Waals surface area contributed by atoms with Crippen molar-refractivity contribution in [2.45, 2.75) is 33.6 Å². The summed E-state index contributed by atoms with van der Waals surface area (Å²) in [5, 5.41) is 2.91. The lowest BCUT2D eigenvalue weighted by Crippen LogP contribution is -2.38. The zero-order valence-corrected chi connectivity index (χ0v) is 15.2. The largest absolute Gasteiger partial charge is 0.354 e. The number of nitrogens with one attached hydrogen (secondary N) is 1.